The van der Waals surface area contributed by atoms with E-state index < -0.39 is 0 Å². The van der Waals surface area contributed by atoms with Gasteiger partial charge in [-0.15, -0.1) is 0 Å². The number of hydrogen-bond donors (Lipinski definition) is 0. The van der Waals surface area contributed by atoms with E-state index in [9.17, 15) is 4.79 Å². The van der Waals surface area contributed by atoms with Gasteiger partial charge in [-0.25, -0.2) is 0 Å². The molecule has 1 atom stereocenters. The van der Waals surface area contributed by atoms with Crippen molar-refractivity contribution in [2.24, 2.45) is 0 Å². The van der Waals surface area contributed by atoms with Crippen molar-refractivity contribution in [2.75, 3.05) is 26.2 Å². The number of aromatic nitrogens is 2. The lowest BCUT2D eigenvalue weighted by Gasteiger charge is -2.36. The maximum absolute atomic E-state index is 12.2. The topological polar surface area (TPSA) is 75.6 Å². The van der Waals surface area contributed by atoms with Crippen LogP contribution in [-0.2, 0) is 0 Å². The quantitative estimate of drug-likeness (QED) is 0.852. The van der Waals surface area contributed by atoms with Gasteiger partial charge in [-0.3, -0.25) is 9.69 Å². The summed E-state index contributed by atoms with van der Waals surface area (Å²) in [6.45, 7) is 6.72. The van der Waals surface area contributed by atoms with Crippen molar-refractivity contribution in [2.45, 2.75) is 19.9 Å². The summed E-state index contributed by atoms with van der Waals surface area (Å²) in [4.78, 5) is 20.5. The summed E-state index contributed by atoms with van der Waals surface area (Å²) >= 11 is 0. The first kappa shape index (κ1) is 13.8. The van der Waals surface area contributed by atoms with Crippen molar-refractivity contribution >= 4 is 5.91 Å². The molecule has 112 valence electrons. The average molecular weight is 290 g/mol. The summed E-state index contributed by atoms with van der Waals surface area (Å²) < 4.78 is 10.4. The minimum Gasteiger partial charge on any atom is -0.459 e. The van der Waals surface area contributed by atoms with E-state index in [-0.39, 0.29) is 11.9 Å². The molecule has 7 nitrogen and oxygen atoms in total. The van der Waals surface area contributed by atoms with E-state index in [4.69, 9.17) is 8.94 Å². The van der Waals surface area contributed by atoms with Gasteiger partial charge in [-0.05, 0) is 26.0 Å². The summed E-state index contributed by atoms with van der Waals surface area (Å²) in [5.41, 5.74) is 0. The molecule has 0 bridgehead atoms. The molecule has 1 aliphatic heterocycles. The summed E-state index contributed by atoms with van der Waals surface area (Å²) in [6.07, 6.45) is 1.52. The lowest BCUT2D eigenvalue weighted by Crippen LogP contribution is -2.49. The normalized spacial score (nSPS) is 17.9. The Hall–Kier alpha value is -2.15. The third kappa shape index (κ3) is 2.82. The maximum atomic E-state index is 12.2. The molecular weight excluding hydrogens is 272 g/mol. The Labute approximate surface area is 122 Å². The molecule has 1 unspecified atom stereocenters. The van der Waals surface area contributed by atoms with Crippen molar-refractivity contribution in [3.63, 3.8) is 0 Å². The molecule has 0 N–H and O–H groups in total. The molecule has 21 heavy (non-hydrogen) atoms. The molecule has 0 saturated carbocycles. The standard InChI is InChI=1S/C14H18N4O3/c1-10(13-15-11(2)16-21-13)17-5-7-18(8-6-17)14(19)12-4-3-9-20-12/h3-4,9-10H,5-8H2,1-2H3. The Balaban J connectivity index is 1.59. The second-order valence-corrected chi connectivity index (χ2v) is 5.16. The van der Waals surface area contributed by atoms with E-state index in [0.29, 0.717) is 30.6 Å². The first-order chi connectivity index (χ1) is 10.1. The van der Waals surface area contributed by atoms with Gasteiger partial charge in [0.1, 0.15) is 0 Å². The van der Waals surface area contributed by atoms with Crippen LogP contribution in [0.5, 0.6) is 0 Å². The van der Waals surface area contributed by atoms with Crippen LogP contribution in [0.4, 0.5) is 0 Å². The SMILES string of the molecule is Cc1noc(C(C)N2CCN(C(=O)c3ccco3)CC2)n1. The van der Waals surface area contributed by atoms with E-state index >= 15 is 0 Å². The number of aryl methyl sites for hydroxylation is 1. The van der Waals surface area contributed by atoms with Crippen LogP contribution in [0.1, 0.15) is 35.2 Å². The highest BCUT2D eigenvalue weighted by atomic mass is 16.5. The predicted octanol–water partition coefficient (Wildman–Crippen LogP) is 1.49. The summed E-state index contributed by atoms with van der Waals surface area (Å²) in [6, 6.07) is 3.48. The van der Waals surface area contributed by atoms with Crippen molar-refractivity contribution in [1.29, 1.82) is 0 Å². The van der Waals surface area contributed by atoms with Crippen LogP contribution < -0.4 is 0 Å². The minimum absolute atomic E-state index is 0.0547. The van der Waals surface area contributed by atoms with Gasteiger partial charge in [0, 0.05) is 26.2 Å². The van der Waals surface area contributed by atoms with Crippen molar-refractivity contribution in [1.82, 2.24) is 19.9 Å². The fourth-order valence-corrected chi connectivity index (χ4v) is 2.51. The zero-order chi connectivity index (χ0) is 14.8. The number of rotatable bonds is 3. The first-order valence-electron chi connectivity index (χ1n) is 7.02. The number of hydrogen-bond acceptors (Lipinski definition) is 6. The summed E-state index contributed by atoms with van der Waals surface area (Å²) in [7, 11) is 0. The van der Waals surface area contributed by atoms with E-state index in [1.165, 1.54) is 6.26 Å². The average Bonchev–Trinajstić information content (AvgIpc) is 3.17. The van der Waals surface area contributed by atoms with Crippen molar-refractivity contribution in [3.8, 4) is 0 Å². The molecule has 7 heteroatoms. The number of nitrogens with zero attached hydrogens (tertiary/aromatic N) is 4. The fraction of sp³-hybridized carbons (Fsp3) is 0.500. The summed E-state index contributed by atoms with van der Waals surface area (Å²) in [5, 5.41) is 3.82. The molecule has 1 aliphatic rings. The molecule has 0 aliphatic carbocycles. The minimum atomic E-state index is -0.0547. The number of carbonyl (C=O) groups excluding carboxylic acids is 1. The molecule has 2 aromatic rings. The second-order valence-electron chi connectivity index (χ2n) is 5.16. The van der Waals surface area contributed by atoms with E-state index in [2.05, 4.69) is 15.0 Å². The van der Waals surface area contributed by atoms with Gasteiger partial charge < -0.3 is 13.8 Å². The molecule has 2 aromatic heterocycles. The Morgan fingerprint density at radius 3 is 2.67 bits per heavy atom. The Morgan fingerprint density at radius 1 is 1.33 bits per heavy atom. The molecule has 1 fully saturated rings. The van der Waals surface area contributed by atoms with Gasteiger partial charge in [-0.2, -0.15) is 4.98 Å². The molecule has 1 saturated heterocycles. The molecule has 3 heterocycles. The highest BCUT2D eigenvalue weighted by Crippen LogP contribution is 2.20. The molecule has 0 spiro atoms. The number of furan rings is 1. The van der Waals surface area contributed by atoms with E-state index in [1.54, 1.807) is 24.0 Å². The van der Waals surface area contributed by atoms with Crippen LogP contribution in [-0.4, -0.2) is 52.0 Å². The predicted molar refractivity (Wildman–Crippen MR) is 73.6 cm³/mol. The van der Waals surface area contributed by atoms with Crippen LogP contribution in [0, 0.1) is 6.92 Å². The Kier molecular flexibility index (Phi) is 3.74. The lowest BCUT2D eigenvalue weighted by atomic mass is 10.2. The third-order valence-electron chi connectivity index (χ3n) is 3.78. The molecule has 1 amide bonds. The van der Waals surface area contributed by atoms with Crippen LogP contribution in [0.15, 0.2) is 27.3 Å². The van der Waals surface area contributed by atoms with Gasteiger partial charge in [-0.1, -0.05) is 5.16 Å². The second kappa shape index (κ2) is 5.69. The first-order valence-corrected chi connectivity index (χ1v) is 7.02. The van der Waals surface area contributed by atoms with E-state index in [0.717, 1.165) is 13.1 Å². The van der Waals surface area contributed by atoms with Crippen LogP contribution in [0.3, 0.4) is 0 Å². The third-order valence-corrected chi connectivity index (χ3v) is 3.78. The van der Waals surface area contributed by atoms with Crippen molar-refractivity contribution < 1.29 is 13.7 Å². The number of carbonyl (C=O) groups is 1. The zero-order valence-electron chi connectivity index (χ0n) is 12.2. The monoisotopic (exact) mass is 290 g/mol. The van der Waals surface area contributed by atoms with Gasteiger partial charge >= 0.3 is 0 Å². The Bertz CT molecular complexity index is 600. The van der Waals surface area contributed by atoms with Crippen molar-refractivity contribution in [3.05, 3.63) is 35.9 Å². The van der Waals surface area contributed by atoms with E-state index in [1.807, 2.05) is 6.92 Å². The summed E-state index contributed by atoms with van der Waals surface area (Å²) in [5.74, 6) is 1.60. The molecule has 0 radical (unpaired) electrons. The van der Waals surface area contributed by atoms with Crippen LogP contribution in [0.2, 0.25) is 0 Å². The number of piperazine rings is 1. The van der Waals surface area contributed by atoms with Gasteiger partial charge in [0.25, 0.3) is 5.91 Å². The Morgan fingerprint density at radius 2 is 2.10 bits per heavy atom. The van der Waals surface area contributed by atoms with Crippen LogP contribution in [0.25, 0.3) is 0 Å². The van der Waals surface area contributed by atoms with Gasteiger partial charge in [0.05, 0.1) is 12.3 Å². The highest BCUT2D eigenvalue weighted by Gasteiger charge is 2.28. The highest BCUT2D eigenvalue weighted by molar-refractivity contribution is 5.91. The largest absolute Gasteiger partial charge is 0.459 e. The zero-order valence-corrected chi connectivity index (χ0v) is 12.2. The van der Waals surface area contributed by atoms with Gasteiger partial charge in [0.2, 0.25) is 5.89 Å². The number of amides is 1. The molecule has 3 rings (SSSR count). The molecular formula is C14H18N4O3. The lowest BCUT2D eigenvalue weighted by molar-refractivity contribution is 0.0524. The van der Waals surface area contributed by atoms with Gasteiger partial charge in [0.15, 0.2) is 11.6 Å². The molecule has 0 aromatic carbocycles. The van der Waals surface area contributed by atoms with Crippen LogP contribution >= 0.6 is 0 Å². The fourth-order valence-electron chi connectivity index (χ4n) is 2.51. The smallest absolute Gasteiger partial charge is 0.289 e. The maximum Gasteiger partial charge on any atom is 0.289 e.